The van der Waals surface area contributed by atoms with E-state index in [0.717, 1.165) is 11.3 Å². The van der Waals surface area contributed by atoms with Gasteiger partial charge in [0, 0.05) is 18.5 Å². The van der Waals surface area contributed by atoms with Gasteiger partial charge in [-0.1, -0.05) is 12.1 Å². The van der Waals surface area contributed by atoms with Crippen LogP contribution in [0.2, 0.25) is 0 Å². The zero-order valence-corrected chi connectivity index (χ0v) is 12.7. The minimum absolute atomic E-state index is 0.156. The minimum Gasteiger partial charge on any atom is -0.491 e. The molecule has 0 amide bonds. The summed E-state index contributed by atoms with van der Waals surface area (Å²) < 4.78 is 5.68. The van der Waals surface area contributed by atoms with Crippen molar-refractivity contribution in [2.45, 2.75) is 58.7 Å². The summed E-state index contributed by atoms with van der Waals surface area (Å²) in [7, 11) is 0. The van der Waals surface area contributed by atoms with Gasteiger partial charge < -0.3 is 15.2 Å². The molecule has 4 nitrogen and oxygen atoms in total. The molecule has 112 valence electrons. The fraction of sp³-hybridized carbons (Fsp3) is 0.562. The van der Waals surface area contributed by atoms with E-state index in [1.807, 2.05) is 39.0 Å². The molecule has 0 spiro atoms. The third kappa shape index (κ3) is 6.06. The molecule has 2 unspecified atom stereocenters. The third-order valence-corrected chi connectivity index (χ3v) is 3.06. The summed E-state index contributed by atoms with van der Waals surface area (Å²) in [6.45, 7) is 8.09. The highest BCUT2D eigenvalue weighted by molar-refractivity contribution is 5.66. The molecule has 0 aliphatic rings. The predicted molar refractivity (Wildman–Crippen MR) is 80.1 cm³/mol. The number of hydrogen-bond acceptors (Lipinski definition) is 3. The minimum atomic E-state index is -0.751. The van der Waals surface area contributed by atoms with E-state index in [9.17, 15) is 4.79 Å². The second kappa shape index (κ2) is 7.90. The first kappa shape index (κ1) is 16.5. The number of nitrogens with one attached hydrogen (secondary N) is 1. The number of rotatable bonds is 8. The molecule has 2 N–H and O–H groups in total. The highest BCUT2D eigenvalue weighted by Gasteiger charge is 2.11. The van der Waals surface area contributed by atoms with Crippen LogP contribution in [0.3, 0.4) is 0 Å². The summed E-state index contributed by atoms with van der Waals surface area (Å²) in [6.07, 6.45) is 0.974. The summed E-state index contributed by atoms with van der Waals surface area (Å²) in [5, 5.41) is 12.1. The van der Waals surface area contributed by atoms with Crippen molar-refractivity contribution in [1.82, 2.24) is 5.32 Å². The van der Waals surface area contributed by atoms with Crippen LogP contribution >= 0.6 is 0 Å². The van der Waals surface area contributed by atoms with Crippen molar-refractivity contribution in [3.8, 4) is 5.75 Å². The van der Waals surface area contributed by atoms with Crippen molar-refractivity contribution in [3.63, 3.8) is 0 Å². The number of carboxylic acids is 1. The Balaban J connectivity index is 2.58. The Morgan fingerprint density at radius 3 is 2.60 bits per heavy atom. The van der Waals surface area contributed by atoms with Gasteiger partial charge in [0.05, 0.1) is 6.10 Å². The highest BCUT2D eigenvalue weighted by atomic mass is 16.5. The van der Waals surface area contributed by atoms with Crippen molar-refractivity contribution < 1.29 is 14.6 Å². The molecule has 1 aromatic rings. The topological polar surface area (TPSA) is 58.6 Å². The van der Waals surface area contributed by atoms with E-state index in [2.05, 4.69) is 18.3 Å². The lowest BCUT2D eigenvalue weighted by Crippen LogP contribution is -2.29. The Kier molecular flexibility index (Phi) is 6.52. The van der Waals surface area contributed by atoms with Gasteiger partial charge in [-0.15, -0.1) is 0 Å². The van der Waals surface area contributed by atoms with Gasteiger partial charge >= 0.3 is 5.97 Å². The molecule has 0 saturated heterocycles. The Bertz CT molecular complexity index is 431. The third-order valence-electron chi connectivity index (χ3n) is 3.06. The molecule has 1 rings (SSSR count). The van der Waals surface area contributed by atoms with Crippen LogP contribution in [-0.2, 0) is 4.79 Å². The molecule has 0 aromatic heterocycles. The Hall–Kier alpha value is -1.55. The number of ether oxygens (including phenoxy) is 1. The maximum absolute atomic E-state index is 10.6. The van der Waals surface area contributed by atoms with Crippen LogP contribution in [0.4, 0.5) is 0 Å². The molecule has 0 heterocycles. The number of carboxylic acid groups (broad SMARTS) is 1. The highest BCUT2D eigenvalue weighted by Crippen LogP contribution is 2.20. The van der Waals surface area contributed by atoms with Gasteiger partial charge in [-0.25, -0.2) is 0 Å². The number of benzene rings is 1. The fourth-order valence-electron chi connectivity index (χ4n) is 2.08. The number of carbonyl (C=O) groups is 1. The lowest BCUT2D eigenvalue weighted by Gasteiger charge is -2.21. The molecule has 0 radical (unpaired) electrons. The molecule has 0 saturated carbocycles. The van der Waals surface area contributed by atoms with Gasteiger partial charge in [0.15, 0.2) is 0 Å². The first-order chi connectivity index (χ1) is 9.38. The molecule has 1 aromatic carbocycles. The van der Waals surface area contributed by atoms with Crippen LogP contribution < -0.4 is 10.1 Å². The molecule has 0 bridgehead atoms. The van der Waals surface area contributed by atoms with Crippen LogP contribution in [-0.4, -0.2) is 23.2 Å². The lowest BCUT2D eigenvalue weighted by molar-refractivity contribution is -0.137. The Morgan fingerprint density at radius 1 is 1.30 bits per heavy atom. The zero-order chi connectivity index (χ0) is 15.1. The zero-order valence-electron chi connectivity index (χ0n) is 12.7. The molecular formula is C16H25NO3. The van der Waals surface area contributed by atoms with Gasteiger partial charge in [-0.05, 0) is 51.8 Å². The summed E-state index contributed by atoms with van der Waals surface area (Å²) >= 11 is 0. The fourth-order valence-corrected chi connectivity index (χ4v) is 2.08. The van der Waals surface area contributed by atoms with E-state index in [-0.39, 0.29) is 24.6 Å². The van der Waals surface area contributed by atoms with Gasteiger partial charge in [-0.2, -0.15) is 0 Å². The second-order valence-corrected chi connectivity index (χ2v) is 5.46. The van der Waals surface area contributed by atoms with Crippen molar-refractivity contribution >= 4 is 5.97 Å². The average molecular weight is 279 g/mol. The smallest absolute Gasteiger partial charge is 0.303 e. The van der Waals surface area contributed by atoms with Gasteiger partial charge in [-0.3, -0.25) is 4.79 Å². The molecule has 20 heavy (non-hydrogen) atoms. The van der Waals surface area contributed by atoms with Crippen LogP contribution in [0, 0.1) is 0 Å². The van der Waals surface area contributed by atoms with Crippen LogP contribution in [0.15, 0.2) is 24.3 Å². The van der Waals surface area contributed by atoms with E-state index in [1.165, 1.54) is 0 Å². The number of aliphatic carboxylic acids is 1. The van der Waals surface area contributed by atoms with Crippen molar-refractivity contribution in [1.29, 1.82) is 0 Å². The largest absolute Gasteiger partial charge is 0.491 e. The number of hydrogen-bond donors (Lipinski definition) is 2. The normalized spacial score (nSPS) is 14.1. The first-order valence-corrected chi connectivity index (χ1v) is 7.13. The Morgan fingerprint density at radius 2 is 2.00 bits per heavy atom. The van der Waals surface area contributed by atoms with Crippen LogP contribution in [0.1, 0.15) is 52.1 Å². The first-order valence-electron chi connectivity index (χ1n) is 7.13. The molecule has 4 heteroatoms. The lowest BCUT2D eigenvalue weighted by atomic mass is 10.1. The second-order valence-electron chi connectivity index (χ2n) is 5.46. The average Bonchev–Trinajstić information content (AvgIpc) is 2.36. The summed E-state index contributed by atoms with van der Waals surface area (Å²) in [5.74, 6) is 0.114. The quantitative estimate of drug-likeness (QED) is 0.766. The van der Waals surface area contributed by atoms with E-state index < -0.39 is 5.97 Å². The molecule has 0 aliphatic heterocycles. The standard InChI is InChI=1S/C16H25NO3/c1-11(2)20-15-7-5-6-14(10-15)13(4)17-12(3)8-9-16(18)19/h5-7,10-13,17H,8-9H2,1-4H3,(H,18,19). The molecular weight excluding hydrogens is 254 g/mol. The molecule has 0 aliphatic carbocycles. The predicted octanol–water partition coefficient (Wildman–Crippen LogP) is 3.38. The monoisotopic (exact) mass is 279 g/mol. The summed E-state index contributed by atoms with van der Waals surface area (Å²) in [4.78, 5) is 10.6. The van der Waals surface area contributed by atoms with Crippen molar-refractivity contribution in [3.05, 3.63) is 29.8 Å². The molecule has 0 fully saturated rings. The van der Waals surface area contributed by atoms with E-state index in [0.29, 0.717) is 6.42 Å². The molecule has 2 atom stereocenters. The van der Waals surface area contributed by atoms with Crippen LogP contribution in [0.25, 0.3) is 0 Å². The SMILES string of the molecule is CC(CCC(=O)O)NC(C)c1cccc(OC(C)C)c1. The maximum Gasteiger partial charge on any atom is 0.303 e. The summed E-state index contributed by atoms with van der Waals surface area (Å²) in [6, 6.07) is 8.33. The van der Waals surface area contributed by atoms with Gasteiger partial charge in [0.25, 0.3) is 0 Å². The van der Waals surface area contributed by atoms with E-state index >= 15 is 0 Å². The van der Waals surface area contributed by atoms with Crippen molar-refractivity contribution in [2.75, 3.05) is 0 Å². The van der Waals surface area contributed by atoms with E-state index in [4.69, 9.17) is 9.84 Å². The Labute approximate surface area is 121 Å². The van der Waals surface area contributed by atoms with Gasteiger partial charge in [0.2, 0.25) is 0 Å². The van der Waals surface area contributed by atoms with Crippen molar-refractivity contribution in [2.24, 2.45) is 0 Å². The summed E-state index contributed by atoms with van der Waals surface area (Å²) in [5.41, 5.74) is 1.14. The van der Waals surface area contributed by atoms with E-state index in [1.54, 1.807) is 0 Å². The van der Waals surface area contributed by atoms with Gasteiger partial charge in [0.1, 0.15) is 5.75 Å². The maximum atomic E-state index is 10.6. The van der Waals surface area contributed by atoms with Crippen LogP contribution in [0.5, 0.6) is 5.75 Å².